The Morgan fingerprint density at radius 3 is 2.46 bits per heavy atom. The van der Waals surface area contributed by atoms with E-state index in [0.717, 1.165) is 46.1 Å². The van der Waals surface area contributed by atoms with Crippen LogP contribution in [0.25, 0.3) is 21.8 Å². The van der Waals surface area contributed by atoms with Gasteiger partial charge in [0.25, 0.3) is 0 Å². The van der Waals surface area contributed by atoms with Crippen LogP contribution < -0.4 is 0 Å². The lowest BCUT2D eigenvalue weighted by atomic mass is 9.75. The van der Waals surface area contributed by atoms with E-state index in [2.05, 4.69) is 53.0 Å². The van der Waals surface area contributed by atoms with E-state index in [4.69, 9.17) is 4.52 Å². The molecule has 26 heavy (non-hydrogen) atoms. The number of pyridine rings is 2. The Balaban J connectivity index is 1.60. The molecular weight excluding hydrogens is 326 g/mol. The number of rotatable bonds is 5. The molecule has 0 amide bonds. The van der Waals surface area contributed by atoms with Crippen molar-refractivity contribution in [1.82, 2.24) is 25.3 Å². The van der Waals surface area contributed by atoms with Crippen LogP contribution >= 0.6 is 0 Å². The lowest BCUT2D eigenvalue weighted by molar-refractivity contribution is 0.287. The minimum absolute atomic E-state index is 0.0541. The summed E-state index contributed by atoms with van der Waals surface area (Å²) in [6, 6.07) is 3.91. The maximum absolute atomic E-state index is 5.69. The van der Waals surface area contributed by atoms with Gasteiger partial charge in [0.1, 0.15) is 11.0 Å². The molecule has 0 bridgehead atoms. The lowest BCUT2D eigenvalue weighted by Crippen LogP contribution is -2.24. The van der Waals surface area contributed by atoms with E-state index in [1.165, 1.54) is 0 Å². The highest BCUT2D eigenvalue weighted by atomic mass is 16.5. The first-order valence-corrected chi connectivity index (χ1v) is 8.87. The number of hydrogen-bond acceptors (Lipinski definition) is 5. The zero-order valence-corrected chi connectivity index (χ0v) is 15.6. The first kappa shape index (κ1) is 16.7. The number of H-pyrrole nitrogens is 1. The van der Waals surface area contributed by atoms with E-state index in [1.54, 1.807) is 12.4 Å². The summed E-state index contributed by atoms with van der Waals surface area (Å²) >= 11 is 0. The molecule has 0 fully saturated rings. The van der Waals surface area contributed by atoms with Crippen molar-refractivity contribution in [2.24, 2.45) is 0 Å². The van der Waals surface area contributed by atoms with Gasteiger partial charge in [0, 0.05) is 40.5 Å². The van der Waals surface area contributed by atoms with Gasteiger partial charge in [-0.15, -0.1) is 0 Å². The maximum Gasteiger partial charge on any atom is 0.151 e. The molecule has 0 aliphatic rings. The summed E-state index contributed by atoms with van der Waals surface area (Å²) in [5.41, 5.74) is 2.71. The molecule has 6 heteroatoms. The highest BCUT2D eigenvalue weighted by Gasteiger charge is 2.33. The Labute approximate surface area is 152 Å². The molecule has 0 atom stereocenters. The molecule has 0 radical (unpaired) electrons. The summed E-state index contributed by atoms with van der Waals surface area (Å²) < 4.78 is 5.69. The average Bonchev–Trinajstić information content (AvgIpc) is 3.25. The van der Waals surface area contributed by atoms with E-state index in [1.807, 2.05) is 24.5 Å². The Morgan fingerprint density at radius 1 is 0.885 bits per heavy atom. The molecule has 0 aromatic carbocycles. The zero-order valence-electron chi connectivity index (χ0n) is 15.6. The van der Waals surface area contributed by atoms with Crippen LogP contribution in [0.5, 0.6) is 0 Å². The van der Waals surface area contributed by atoms with E-state index in [-0.39, 0.29) is 10.8 Å². The Hall–Kier alpha value is -2.76. The van der Waals surface area contributed by atoms with Crippen LogP contribution in [-0.4, -0.2) is 25.3 Å². The van der Waals surface area contributed by atoms with Crippen molar-refractivity contribution >= 4 is 21.8 Å². The van der Waals surface area contributed by atoms with Gasteiger partial charge >= 0.3 is 0 Å². The van der Waals surface area contributed by atoms with Crippen LogP contribution in [0, 0.1) is 0 Å². The fourth-order valence-corrected chi connectivity index (χ4v) is 3.52. The number of aromatic nitrogens is 5. The van der Waals surface area contributed by atoms with Crippen LogP contribution in [0.3, 0.4) is 0 Å². The molecule has 4 heterocycles. The smallest absolute Gasteiger partial charge is 0.151 e. The molecule has 0 spiro atoms. The van der Waals surface area contributed by atoms with Gasteiger partial charge < -0.3 is 4.52 Å². The molecule has 4 aromatic rings. The van der Waals surface area contributed by atoms with E-state index < -0.39 is 0 Å². The summed E-state index contributed by atoms with van der Waals surface area (Å²) in [7, 11) is 0. The molecule has 4 rings (SSSR count). The second-order valence-electron chi connectivity index (χ2n) is 8.16. The number of fused-ring (bicyclic) bond motifs is 2. The summed E-state index contributed by atoms with van der Waals surface area (Å²) in [4.78, 5) is 8.37. The van der Waals surface area contributed by atoms with Gasteiger partial charge in [-0.2, -0.15) is 5.10 Å². The third kappa shape index (κ3) is 2.75. The molecule has 4 aromatic heterocycles. The third-order valence-electron chi connectivity index (χ3n) is 5.30. The predicted molar refractivity (Wildman–Crippen MR) is 101 cm³/mol. The molecule has 1 N–H and O–H groups in total. The van der Waals surface area contributed by atoms with E-state index in [9.17, 15) is 0 Å². The molecule has 0 aliphatic carbocycles. The average molecular weight is 349 g/mol. The first-order chi connectivity index (χ1) is 12.4. The van der Waals surface area contributed by atoms with Crippen molar-refractivity contribution in [2.45, 2.75) is 51.4 Å². The van der Waals surface area contributed by atoms with Gasteiger partial charge in [0.15, 0.2) is 5.76 Å². The Morgan fingerprint density at radius 2 is 1.62 bits per heavy atom. The number of aromatic amines is 1. The molecule has 134 valence electrons. The van der Waals surface area contributed by atoms with Crippen molar-refractivity contribution < 1.29 is 4.52 Å². The number of hydrogen-bond donors (Lipinski definition) is 1. The SMILES string of the molecule is CC(C)(CCC(C)(C)c1onc2ccncc12)c1[nH]nc2cnccc12. The summed E-state index contributed by atoms with van der Waals surface area (Å²) in [6.45, 7) is 8.89. The summed E-state index contributed by atoms with van der Waals surface area (Å²) in [6.07, 6.45) is 9.11. The van der Waals surface area contributed by atoms with Crippen LogP contribution in [0.1, 0.15) is 52.0 Å². The molecule has 0 aliphatic heterocycles. The van der Waals surface area contributed by atoms with Crippen LogP contribution in [0.4, 0.5) is 0 Å². The van der Waals surface area contributed by atoms with E-state index >= 15 is 0 Å². The Bertz CT molecular complexity index is 974. The quantitative estimate of drug-likeness (QED) is 0.572. The van der Waals surface area contributed by atoms with Gasteiger partial charge in [-0.25, -0.2) is 0 Å². The second-order valence-corrected chi connectivity index (χ2v) is 8.16. The highest BCUT2D eigenvalue weighted by molar-refractivity contribution is 5.81. The van der Waals surface area contributed by atoms with Crippen molar-refractivity contribution in [3.05, 3.63) is 48.4 Å². The second kappa shape index (κ2) is 5.90. The van der Waals surface area contributed by atoms with Crippen molar-refractivity contribution in [1.29, 1.82) is 0 Å². The third-order valence-corrected chi connectivity index (χ3v) is 5.30. The largest absolute Gasteiger partial charge is 0.360 e. The minimum atomic E-state index is -0.146. The van der Waals surface area contributed by atoms with Gasteiger partial charge in [0.05, 0.1) is 11.6 Å². The fraction of sp³-hybridized carbons (Fsp3) is 0.400. The molecular formula is C20H23N5O. The zero-order chi connectivity index (χ0) is 18.4. The van der Waals surface area contributed by atoms with Crippen molar-refractivity contribution in [3.8, 4) is 0 Å². The van der Waals surface area contributed by atoms with Crippen LogP contribution in [0.15, 0.2) is 41.4 Å². The monoisotopic (exact) mass is 349 g/mol. The molecule has 6 nitrogen and oxygen atoms in total. The summed E-state index contributed by atoms with van der Waals surface area (Å²) in [5, 5.41) is 13.9. The minimum Gasteiger partial charge on any atom is -0.360 e. The standard InChI is InChI=1S/C20H23N5O/c1-19(2,17-13-5-9-22-12-16(13)23-24-17)7-8-20(3,4)18-14-11-21-10-6-15(14)25-26-18/h5-6,9-12H,7-8H2,1-4H3,(H,23,24). The number of nitrogens with one attached hydrogen (secondary N) is 1. The Kier molecular flexibility index (Phi) is 3.79. The molecule has 0 saturated carbocycles. The topological polar surface area (TPSA) is 80.5 Å². The highest BCUT2D eigenvalue weighted by Crippen LogP contribution is 2.39. The lowest BCUT2D eigenvalue weighted by Gasteiger charge is -2.29. The normalized spacial score (nSPS) is 12.9. The predicted octanol–water partition coefficient (Wildman–Crippen LogP) is 4.53. The van der Waals surface area contributed by atoms with Crippen molar-refractivity contribution in [2.75, 3.05) is 0 Å². The van der Waals surface area contributed by atoms with Crippen LogP contribution in [-0.2, 0) is 10.8 Å². The van der Waals surface area contributed by atoms with Gasteiger partial charge in [0.2, 0.25) is 0 Å². The van der Waals surface area contributed by atoms with Gasteiger partial charge in [-0.05, 0) is 25.0 Å². The summed E-state index contributed by atoms with van der Waals surface area (Å²) in [5.74, 6) is 0.898. The number of nitrogens with zero attached hydrogens (tertiary/aromatic N) is 4. The van der Waals surface area contributed by atoms with E-state index in [0.29, 0.717) is 0 Å². The van der Waals surface area contributed by atoms with Gasteiger partial charge in [-0.1, -0.05) is 32.9 Å². The van der Waals surface area contributed by atoms with Crippen molar-refractivity contribution in [3.63, 3.8) is 0 Å². The first-order valence-electron chi connectivity index (χ1n) is 8.87. The van der Waals surface area contributed by atoms with Crippen LogP contribution in [0.2, 0.25) is 0 Å². The van der Waals surface area contributed by atoms with Gasteiger partial charge in [-0.3, -0.25) is 15.1 Å². The maximum atomic E-state index is 5.69. The molecule has 0 saturated heterocycles. The molecule has 0 unspecified atom stereocenters. The fourth-order valence-electron chi connectivity index (χ4n) is 3.52.